The maximum absolute atomic E-state index is 12.7. The van der Waals surface area contributed by atoms with Gasteiger partial charge in [0.05, 0.1) is 6.04 Å². The van der Waals surface area contributed by atoms with Crippen LogP contribution in [0.5, 0.6) is 0 Å². The van der Waals surface area contributed by atoms with E-state index in [1.165, 1.54) is 36.1 Å². The number of anilines is 2. The Labute approximate surface area is 197 Å². The van der Waals surface area contributed by atoms with Crippen LogP contribution < -0.4 is 15.5 Å². The number of rotatable bonds is 5. The molecule has 0 aromatic heterocycles. The minimum atomic E-state index is -0.617. The van der Waals surface area contributed by atoms with Gasteiger partial charge in [0.15, 0.2) is 0 Å². The van der Waals surface area contributed by atoms with E-state index in [-0.39, 0.29) is 6.04 Å². The van der Waals surface area contributed by atoms with E-state index in [2.05, 4.69) is 45.7 Å². The zero-order chi connectivity index (χ0) is 23.4. The van der Waals surface area contributed by atoms with Crippen molar-refractivity contribution in [1.29, 1.82) is 0 Å². The highest BCUT2D eigenvalue weighted by molar-refractivity contribution is 6.39. The molecule has 2 amide bonds. The number of likely N-dealkylation sites (tertiary alicyclic amines) is 1. The molecule has 176 valence electrons. The lowest BCUT2D eigenvalue weighted by Gasteiger charge is -2.36. The molecule has 0 spiro atoms. The first-order valence-electron chi connectivity index (χ1n) is 12.2. The summed E-state index contributed by atoms with van der Waals surface area (Å²) in [5, 5.41) is 5.69. The second kappa shape index (κ2) is 10.4. The minimum Gasteiger partial charge on any atom is -0.374 e. The van der Waals surface area contributed by atoms with Crippen LogP contribution in [0.1, 0.15) is 54.0 Å². The van der Waals surface area contributed by atoms with Gasteiger partial charge < -0.3 is 15.5 Å². The van der Waals surface area contributed by atoms with Crippen LogP contribution in [0.3, 0.4) is 0 Å². The van der Waals surface area contributed by atoms with E-state index in [0.717, 1.165) is 43.6 Å². The number of hydrogen-bond acceptors (Lipinski definition) is 4. The number of amides is 2. The van der Waals surface area contributed by atoms with Crippen LogP contribution in [-0.2, 0) is 16.0 Å². The van der Waals surface area contributed by atoms with Crippen LogP contribution >= 0.6 is 0 Å². The van der Waals surface area contributed by atoms with Gasteiger partial charge in [0.25, 0.3) is 0 Å². The van der Waals surface area contributed by atoms with E-state index in [0.29, 0.717) is 12.2 Å². The van der Waals surface area contributed by atoms with Crippen molar-refractivity contribution in [3.63, 3.8) is 0 Å². The van der Waals surface area contributed by atoms with Crippen molar-refractivity contribution in [2.24, 2.45) is 0 Å². The van der Waals surface area contributed by atoms with Gasteiger partial charge in [-0.15, -0.1) is 0 Å². The molecule has 0 bridgehead atoms. The molecule has 4 rings (SSSR count). The molecule has 0 radical (unpaired) electrons. The zero-order valence-electron chi connectivity index (χ0n) is 20.1. The van der Waals surface area contributed by atoms with Crippen molar-refractivity contribution < 1.29 is 9.59 Å². The van der Waals surface area contributed by atoms with Gasteiger partial charge in [-0.2, -0.15) is 0 Å². The highest BCUT2D eigenvalue weighted by Gasteiger charge is 2.26. The van der Waals surface area contributed by atoms with Crippen LogP contribution in [0.2, 0.25) is 0 Å². The number of piperidine rings is 1. The molecule has 1 atom stereocenters. The highest BCUT2D eigenvalue weighted by atomic mass is 16.2. The molecule has 0 aliphatic carbocycles. The smallest absolute Gasteiger partial charge is 0.313 e. The highest BCUT2D eigenvalue weighted by Crippen LogP contribution is 2.31. The third-order valence-electron chi connectivity index (χ3n) is 7.19. The van der Waals surface area contributed by atoms with Crippen LogP contribution in [0.25, 0.3) is 0 Å². The summed E-state index contributed by atoms with van der Waals surface area (Å²) in [7, 11) is 2.15. The quantitative estimate of drug-likeness (QED) is 0.680. The van der Waals surface area contributed by atoms with Crippen LogP contribution in [0, 0.1) is 13.8 Å². The monoisotopic (exact) mass is 448 g/mol. The van der Waals surface area contributed by atoms with Gasteiger partial charge in [-0.1, -0.05) is 30.7 Å². The predicted octanol–water partition coefficient (Wildman–Crippen LogP) is 3.97. The van der Waals surface area contributed by atoms with Crippen molar-refractivity contribution in [2.45, 2.75) is 52.0 Å². The summed E-state index contributed by atoms with van der Waals surface area (Å²) < 4.78 is 0. The summed E-state index contributed by atoms with van der Waals surface area (Å²) in [4.78, 5) is 30.1. The molecular formula is C27H36N4O2. The maximum atomic E-state index is 12.7. The van der Waals surface area contributed by atoms with Gasteiger partial charge in [-0.3, -0.25) is 14.5 Å². The number of hydrogen-bond donors (Lipinski definition) is 2. The Balaban J connectivity index is 1.47. The van der Waals surface area contributed by atoms with Crippen LogP contribution in [-0.4, -0.2) is 49.9 Å². The zero-order valence-corrected chi connectivity index (χ0v) is 20.1. The number of nitrogens with zero attached hydrogens (tertiary/aromatic N) is 2. The lowest BCUT2D eigenvalue weighted by molar-refractivity contribution is -0.136. The Morgan fingerprint density at radius 2 is 1.76 bits per heavy atom. The topological polar surface area (TPSA) is 64.7 Å². The van der Waals surface area contributed by atoms with Gasteiger partial charge in [-0.05, 0) is 87.0 Å². The molecule has 2 aliphatic rings. The Hall–Kier alpha value is -2.86. The molecule has 2 heterocycles. The lowest BCUT2D eigenvalue weighted by atomic mass is 9.95. The third-order valence-corrected chi connectivity index (χ3v) is 7.19. The summed E-state index contributed by atoms with van der Waals surface area (Å²) >= 11 is 0. The standard InChI is InChI=1S/C27H36N4O2/c1-19-9-7-11-23(20(19)2)29-27(33)26(32)28-18-25(31-15-5-4-6-16-31)22-12-13-24-21(17-22)10-8-14-30(24)3/h7,9,11-13,17,25H,4-6,8,10,14-16,18H2,1-3H3,(H,28,32)(H,29,33)/t25-/m1/s1. The molecule has 33 heavy (non-hydrogen) atoms. The van der Waals surface area contributed by atoms with E-state index in [9.17, 15) is 9.59 Å². The largest absolute Gasteiger partial charge is 0.374 e. The molecule has 2 aromatic carbocycles. The predicted molar refractivity (Wildman–Crippen MR) is 134 cm³/mol. The Bertz CT molecular complexity index is 1010. The van der Waals surface area contributed by atoms with Gasteiger partial charge >= 0.3 is 11.8 Å². The molecule has 6 nitrogen and oxygen atoms in total. The third kappa shape index (κ3) is 5.38. The van der Waals surface area contributed by atoms with Gasteiger partial charge in [0.1, 0.15) is 0 Å². The summed E-state index contributed by atoms with van der Waals surface area (Å²) in [6, 6.07) is 12.5. The van der Waals surface area contributed by atoms with Gasteiger partial charge in [0, 0.05) is 31.5 Å². The number of fused-ring (bicyclic) bond motifs is 1. The molecule has 0 saturated carbocycles. The molecule has 2 aromatic rings. The molecular weight excluding hydrogens is 412 g/mol. The van der Waals surface area contributed by atoms with Crippen molar-refractivity contribution in [3.8, 4) is 0 Å². The fourth-order valence-corrected chi connectivity index (χ4v) is 5.04. The number of carbonyl (C=O) groups is 2. The Morgan fingerprint density at radius 1 is 0.970 bits per heavy atom. The molecule has 0 unspecified atom stereocenters. The van der Waals surface area contributed by atoms with E-state index in [4.69, 9.17) is 0 Å². The van der Waals surface area contributed by atoms with Crippen molar-refractivity contribution >= 4 is 23.2 Å². The summed E-state index contributed by atoms with van der Waals surface area (Å²) in [5.41, 5.74) is 6.64. The normalized spacial score (nSPS) is 17.2. The first-order valence-corrected chi connectivity index (χ1v) is 12.2. The molecule has 1 fully saturated rings. The van der Waals surface area contributed by atoms with E-state index < -0.39 is 11.8 Å². The molecule has 1 saturated heterocycles. The first kappa shape index (κ1) is 23.3. The summed E-state index contributed by atoms with van der Waals surface area (Å²) in [6.45, 7) is 7.49. The van der Waals surface area contributed by atoms with E-state index >= 15 is 0 Å². The van der Waals surface area contributed by atoms with Crippen LogP contribution in [0.15, 0.2) is 36.4 Å². The minimum absolute atomic E-state index is 0.0697. The number of carbonyl (C=O) groups excluding carboxylic acids is 2. The Kier molecular flexibility index (Phi) is 7.33. The fourth-order valence-electron chi connectivity index (χ4n) is 5.04. The Morgan fingerprint density at radius 3 is 2.55 bits per heavy atom. The average molecular weight is 449 g/mol. The lowest BCUT2D eigenvalue weighted by Crippen LogP contribution is -2.43. The van der Waals surface area contributed by atoms with Crippen molar-refractivity contribution in [2.75, 3.05) is 43.4 Å². The summed E-state index contributed by atoms with van der Waals surface area (Å²) in [5.74, 6) is -1.20. The van der Waals surface area contributed by atoms with Gasteiger partial charge in [0.2, 0.25) is 0 Å². The maximum Gasteiger partial charge on any atom is 0.313 e. The van der Waals surface area contributed by atoms with Gasteiger partial charge in [-0.25, -0.2) is 0 Å². The van der Waals surface area contributed by atoms with Crippen molar-refractivity contribution in [3.05, 3.63) is 58.7 Å². The molecule has 2 aliphatic heterocycles. The second-order valence-electron chi connectivity index (χ2n) is 9.44. The SMILES string of the molecule is Cc1cccc(NC(=O)C(=O)NC[C@H](c2ccc3c(c2)CCCN3C)N2CCCCC2)c1C. The van der Waals surface area contributed by atoms with E-state index in [1.54, 1.807) is 0 Å². The number of benzene rings is 2. The fraction of sp³-hybridized carbons (Fsp3) is 0.481. The second-order valence-corrected chi connectivity index (χ2v) is 9.44. The number of aryl methyl sites for hydroxylation is 2. The molecule has 6 heteroatoms. The average Bonchev–Trinajstić information content (AvgIpc) is 2.83. The van der Waals surface area contributed by atoms with Crippen molar-refractivity contribution in [1.82, 2.24) is 10.2 Å². The van der Waals surface area contributed by atoms with Crippen LogP contribution in [0.4, 0.5) is 11.4 Å². The summed E-state index contributed by atoms with van der Waals surface area (Å²) in [6.07, 6.45) is 5.85. The first-order chi connectivity index (χ1) is 15.9. The molecule has 2 N–H and O–H groups in total. The number of nitrogens with one attached hydrogen (secondary N) is 2. The van der Waals surface area contributed by atoms with E-state index in [1.807, 2.05) is 32.0 Å².